The molecule has 0 bridgehead atoms. The van der Waals surface area contributed by atoms with Crippen LogP contribution in [0.3, 0.4) is 0 Å². The maximum absolute atomic E-state index is 13.2. The van der Waals surface area contributed by atoms with E-state index in [1.165, 1.54) is 7.05 Å². The summed E-state index contributed by atoms with van der Waals surface area (Å²) in [6.45, 7) is 10.4. The number of rotatable bonds is 22. The van der Waals surface area contributed by atoms with Crippen LogP contribution in [0.5, 0.6) is 0 Å². The summed E-state index contributed by atoms with van der Waals surface area (Å²) >= 11 is 0. The number of hydrogen-bond donors (Lipinski definition) is 7. The van der Waals surface area contributed by atoms with Gasteiger partial charge in [-0.15, -0.1) is 0 Å². The third-order valence-electron chi connectivity index (χ3n) is 5.76. The Labute approximate surface area is 223 Å². The van der Waals surface area contributed by atoms with Crippen molar-refractivity contribution >= 4 is 23.6 Å². The molecule has 0 aromatic heterocycles. The highest BCUT2D eigenvalue weighted by atomic mass is 16.2. The molecule has 0 radical (unpaired) electrons. The van der Waals surface area contributed by atoms with E-state index in [1.807, 2.05) is 20.9 Å². The zero-order chi connectivity index (χ0) is 28.1. The number of hydrogen-bond acceptors (Lipinski definition) is 7. The lowest BCUT2D eigenvalue weighted by atomic mass is 10.0. The minimum Gasteiger partial charge on any atom is -0.358 e. The predicted octanol–water partition coefficient (Wildman–Crippen LogP) is 0.154. The second kappa shape index (κ2) is 21.8. The van der Waals surface area contributed by atoms with Crippen molar-refractivity contribution in [1.82, 2.24) is 37.2 Å². The number of nitrogens with one attached hydrogen (secondary N) is 7. The van der Waals surface area contributed by atoms with Crippen LogP contribution in [0, 0.1) is 0 Å². The highest BCUT2D eigenvalue weighted by Crippen LogP contribution is 2.06. The molecule has 11 nitrogen and oxygen atoms in total. The zero-order valence-electron chi connectivity index (χ0n) is 23.9. The van der Waals surface area contributed by atoms with Crippen LogP contribution in [-0.4, -0.2) is 88.1 Å². The van der Waals surface area contributed by atoms with Crippen LogP contribution in [0.2, 0.25) is 0 Å². The first-order valence-corrected chi connectivity index (χ1v) is 13.8. The molecule has 0 saturated carbocycles. The van der Waals surface area contributed by atoms with Crippen molar-refractivity contribution in [3.05, 3.63) is 0 Å². The molecule has 0 heterocycles. The molecule has 7 N–H and O–H groups in total. The molecule has 0 aliphatic carbocycles. The molecule has 0 aromatic rings. The lowest BCUT2D eigenvalue weighted by Gasteiger charge is -2.23. The molecule has 0 aromatic carbocycles. The van der Waals surface area contributed by atoms with Gasteiger partial charge in [0.1, 0.15) is 12.1 Å². The first-order valence-electron chi connectivity index (χ1n) is 13.8. The second-order valence-corrected chi connectivity index (χ2v) is 9.99. The summed E-state index contributed by atoms with van der Waals surface area (Å²) in [6.07, 6.45) is 5.10. The molecule has 0 aliphatic rings. The summed E-state index contributed by atoms with van der Waals surface area (Å²) < 4.78 is 0. The maximum Gasteiger partial charge on any atom is 0.243 e. The van der Waals surface area contributed by atoms with Crippen molar-refractivity contribution in [3.8, 4) is 0 Å². The number of likely N-dealkylation sites (N-methyl/N-ethyl adjacent to an activating group) is 1. The van der Waals surface area contributed by atoms with Gasteiger partial charge in [-0.2, -0.15) is 0 Å². The van der Waals surface area contributed by atoms with Gasteiger partial charge >= 0.3 is 0 Å². The largest absolute Gasteiger partial charge is 0.358 e. The third kappa shape index (κ3) is 19.5. The van der Waals surface area contributed by atoms with Crippen LogP contribution in [0.15, 0.2) is 0 Å². The Hall–Kier alpha value is -2.24. The smallest absolute Gasteiger partial charge is 0.243 e. The van der Waals surface area contributed by atoms with Gasteiger partial charge in [-0.1, -0.05) is 27.7 Å². The fourth-order valence-corrected chi connectivity index (χ4v) is 3.61. The molecular formula is C26H53N7O4. The average Bonchev–Trinajstić information content (AvgIpc) is 2.85. The Balaban J connectivity index is 5.17. The molecule has 11 heteroatoms. The van der Waals surface area contributed by atoms with E-state index < -0.39 is 18.0 Å². The molecule has 1 unspecified atom stereocenters. The number of carbonyl (C=O) groups excluding carboxylic acids is 4. The van der Waals surface area contributed by atoms with Crippen LogP contribution in [0.1, 0.15) is 79.1 Å². The number of carbonyl (C=O) groups is 4. The molecular weight excluding hydrogens is 474 g/mol. The van der Waals surface area contributed by atoms with Crippen LogP contribution >= 0.6 is 0 Å². The van der Waals surface area contributed by atoms with Crippen molar-refractivity contribution in [2.75, 3.05) is 40.3 Å². The Morgan fingerprint density at radius 1 is 0.622 bits per heavy atom. The summed E-state index contributed by atoms with van der Waals surface area (Å²) in [5.41, 5.74) is 0. The van der Waals surface area contributed by atoms with E-state index >= 15 is 0 Å². The molecule has 216 valence electrons. The molecule has 2 atom stereocenters. The molecule has 4 amide bonds. The summed E-state index contributed by atoms with van der Waals surface area (Å²) in [5, 5.41) is 20.5. The van der Waals surface area contributed by atoms with E-state index in [0.29, 0.717) is 37.8 Å². The van der Waals surface area contributed by atoms with Gasteiger partial charge in [0.05, 0.1) is 6.54 Å². The second-order valence-electron chi connectivity index (χ2n) is 9.99. The summed E-state index contributed by atoms with van der Waals surface area (Å²) in [4.78, 5) is 50.2. The predicted molar refractivity (Wildman–Crippen MR) is 148 cm³/mol. The van der Waals surface area contributed by atoms with Crippen molar-refractivity contribution in [2.45, 2.75) is 103 Å². The van der Waals surface area contributed by atoms with Gasteiger partial charge in [-0.25, -0.2) is 0 Å². The minimum atomic E-state index is -0.789. The summed E-state index contributed by atoms with van der Waals surface area (Å²) in [6, 6.07) is -0.788. The highest BCUT2D eigenvalue weighted by molar-refractivity contribution is 5.93. The van der Waals surface area contributed by atoms with Gasteiger partial charge in [0.2, 0.25) is 23.6 Å². The van der Waals surface area contributed by atoms with Crippen LogP contribution in [0.25, 0.3) is 0 Å². The Bertz CT molecular complexity index is 659. The SMILES string of the molecule is CNCCCCC(NC(=O)CCCNC(C)C)C(=O)N[C@@H](CCCCNC(C)C)C(=O)NCC(=O)NC. The van der Waals surface area contributed by atoms with E-state index in [1.54, 1.807) is 0 Å². The Kier molecular flexibility index (Phi) is 20.5. The van der Waals surface area contributed by atoms with E-state index in [2.05, 4.69) is 51.1 Å². The first kappa shape index (κ1) is 34.8. The van der Waals surface area contributed by atoms with Gasteiger partial charge in [0.25, 0.3) is 0 Å². The molecule has 0 fully saturated rings. The van der Waals surface area contributed by atoms with E-state index in [4.69, 9.17) is 0 Å². The van der Waals surface area contributed by atoms with Gasteiger partial charge in [0, 0.05) is 25.6 Å². The van der Waals surface area contributed by atoms with Crippen LogP contribution < -0.4 is 37.2 Å². The standard InChI is InChI=1S/C26H53N7O4/c1-19(2)29-16-10-8-12-21(25(36)31-18-24(35)28-6)33-26(37)22(13-7-9-15-27-5)32-23(34)14-11-17-30-20(3)4/h19-22,27,29-30H,7-18H2,1-6H3,(H,28,35)(H,31,36)(H,32,34)(H,33,37)/t21-,22?/m0/s1. The first-order chi connectivity index (χ1) is 17.6. The Morgan fingerprint density at radius 2 is 1.16 bits per heavy atom. The maximum atomic E-state index is 13.2. The number of unbranched alkanes of at least 4 members (excludes halogenated alkanes) is 2. The lowest BCUT2D eigenvalue weighted by molar-refractivity contribution is -0.133. The quantitative estimate of drug-likeness (QED) is 0.0990. The lowest BCUT2D eigenvalue weighted by Crippen LogP contribution is -2.54. The van der Waals surface area contributed by atoms with Gasteiger partial charge < -0.3 is 37.2 Å². The molecule has 0 spiro atoms. The normalized spacial score (nSPS) is 12.8. The average molecular weight is 528 g/mol. The molecule has 0 aliphatic heterocycles. The molecule has 0 rings (SSSR count). The van der Waals surface area contributed by atoms with Gasteiger partial charge in [-0.05, 0) is 71.6 Å². The van der Waals surface area contributed by atoms with E-state index in [9.17, 15) is 19.2 Å². The van der Waals surface area contributed by atoms with E-state index in [0.717, 1.165) is 45.3 Å². The third-order valence-corrected chi connectivity index (χ3v) is 5.76. The Morgan fingerprint density at radius 3 is 1.70 bits per heavy atom. The van der Waals surface area contributed by atoms with Gasteiger partial charge in [0.15, 0.2) is 0 Å². The van der Waals surface area contributed by atoms with Crippen LogP contribution in [-0.2, 0) is 19.2 Å². The summed E-state index contributed by atoms with van der Waals surface area (Å²) in [7, 11) is 3.37. The monoisotopic (exact) mass is 527 g/mol. The fraction of sp³-hybridized carbons (Fsp3) is 0.846. The number of amides is 4. The summed E-state index contributed by atoms with van der Waals surface area (Å²) in [5.74, 6) is -1.28. The fourth-order valence-electron chi connectivity index (χ4n) is 3.61. The topological polar surface area (TPSA) is 152 Å². The van der Waals surface area contributed by atoms with Crippen molar-refractivity contribution < 1.29 is 19.2 Å². The van der Waals surface area contributed by atoms with Gasteiger partial charge in [-0.3, -0.25) is 19.2 Å². The molecule has 37 heavy (non-hydrogen) atoms. The van der Waals surface area contributed by atoms with Crippen LogP contribution in [0.4, 0.5) is 0 Å². The van der Waals surface area contributed by atoms with E-state index in [-0.39, 0.29) is 24.3 Å². The van der Waals surface area contributed by atoms with Crippen molar-refractivity contribution in [3.63, 3.8) is 0 Å². The van der Waals surface area contributed by atoms with Crippen molar-refractivity contribution in [1.29, 1.82) is 0 Å². The minimum absolute atomic E-state index is 0.162. The van der Waals surface area contributed by atoms with Crippen molar-refractivity contribution in [2.24, 2.45) is 0 Å². The highest BCUT2D eigenvalue weighted by Gasteiger charge is 2.26. The zero-order valence-corrected chi connectivity index (χ0v) is 23.9. The molecule has 0 saturated heterocycles.